The number of benzene rings is 2. The van der Waals surface area contributed by atoms with Gasteiger partial charge in [-0.25, -0.2) is 14.6 Å². The van der Waals surface area contributed by atoms with E-state index >= 15 is 0 Å². The van der Waals surface area contributed by atoms with Crippen LogP contribution in [-0.2, 0) is 4.79 Å². The van der Waals surface area contributed by atoms with Crippen molar-refractivity contribution in [1.29, 1.82) is 0 Å². The molecule has 5 N–H and O–H groups in total. The van der Waals surface area contributed by atoms with Gasteiger partial charge in [-0.05, 0) is 57.0 Å². The summed E-state index contributed by atoms with van der Waals surface area (Å²) >= 11 is 0. The molecule has 0 atom stereocenters. The Kier molecular flexibility index (Phi) is 8.21. The molecule has 1 aliphatic carbocycles. The first-order chi connectivity index (χ1) is 20.9. The molecule has 7 rings (SSSR count). The van der Waals surface area contributed by atoms with Gasteiger partial charge < -0.3 is 21.1 Å². The van der Waals surface area contributed by atoms with E-state index in [1.807, 2.05) is 30.3 Å². The van der Waals surface area contributed by atoms with E-state index in [-0.39, 0.29) is 0 Å². The van der Waals surface area contributed by atoms with E-state index in [2.05, 4.69) is 65.2 Å². The summed E-state index contributed by atoms with van der Waals surface area (Å²) in [6, 6.07) is 17.3. The van der Waals surface area contributed by atoms with Gasteiger partial charge in [0.15, 0.2) is 11.5 Å². The molecule has 5 aromatic rings. The number of anilines is 3. The molecule has 4 heterocycles. The number of rotatable bonds is 5. The molecule has 3 aromatic heterocycles. The quantitative estimate of drug-likeness (QED) is 0.233. The fourth-order valence-electron chi connectivity index (χ4n) is 6.21. The van der Waals surface area contributed by atoms with E-state index in [0.29, 0.717) is 17.9 Å². The van der Waals surface area contributed by atoms with Crippen LogP contribution in [0.2, 0.25) is 0 Å². The third-order valence-corrected chi connectivity index (χ3v) is 8.48. The minimum Gasteiger partial charge on any atom is -0.481 e. The van der Waals surface area contributed by atoms with E-state index in [4.69, 9.17) is 20.7 Å². The van der Waals surface area contributed by atoms with Crippen molar-refractivity contribution in [2.45, 2.75) is 44.7 Å². The number of para-hydroxylation sites is 1. The maximum Gasteiger partial charge on any atom is 0.300 e. The Bertz CT molecular complexity index is 1690. The summed E-state index contributed by atoms with van der Waals surface area (Å²) < 4.78 is 2.12. The standard InChI is InChI=1S/C29H34N10.C2H4O2/c1-37-14-16-38(17-15-37)21-10-12-22(13-11-21)39-29-25(27(30)31-18-32-29)26(36-39)19-6-8-20(9-7-19)33-28-23-4-2-3-5-24(23)34-35-28;1-2(3)4/h2-9,18,21-22H,10-17H2,1H3,(H2,30,31,32)(H2,33,34,35);1H3,(H,3,4)/t21-,22-;. The first-order valence-corrected chi connectivity index (χ1v) is 14.8. The number of hydrogen-bond acceptors (Lipinski definition) is 9. The van der Waals surface area contributed by atoms with Crippen LogP contribution >= 0.6 is 0 Å². The minimum atomic E-state index is -0.833. The molecule has 0 amide bonds. The van der Waals surface area contributed by atoms with Crippen LogP contribution in [0.5, 0.6) is 0 Å². The molecule has 43 heavy (non-hydrogen) atoms. The molecule has 12 heteroatoms. The van der Waals surface area contributed by atoms with Crippen LogP contribution in [0.25, 0.3) is 33.2 Å². The summed E-state index contributed by atoms with van der Waals surface area (Å²) in [5.41, 5.74) is 11.0. The zero-order valence-electron chi connectivity index (χ0n) is 24.6. The Balaban J connectivity index is 0.000000777. The van der Waals surface area contributed by atoms with Crippen LogP contribution in [0.4, 0.5) is 17.3 Å². The van der Waals surface area contributed by atoms with E-state index < -0.39 is 5.97 Å². The molecule has 2 fully saturated rings. The lowest BCUT2D eigenvalue weighted by atomic mass is 9.90. The average molecular weight is 583 g/mol. The van der Waals surface area contributed by atoms with Crippen molar-refractivity contribution in [2.75, 3.05) is 44.3 Å². The van der Waals surface area contributed by atoms with Crippen molar-refractivity contribution in [3.8, 4) is 11.3 Å². The highest BCUT2D eigenvalue weighted by molar-refractivity contribution is 5.98. The number of nitrogens with zero attached hydrogens (tertiary/aromatic N) is 7. The lowest BCUT2D eigenvalue weighted by Gasteiger charge is -2.41. The number of nitrogens with two attached hydrogens (primary N) is 1. The maximum absolute atomic E-state index is 9.00. The number of hydrogen-bond donors (Lipinski definition) is 4. The average Bonchev–Trinajstić information content (AvgIpc) is 3.61. The van der Waals surface area contributed by atoms with Gasteiger partial charge in [-0.15, -0.1) is 0 Å². The van der Waals surface area contributed by atoms with E-state index in [0.717, 1.165) is 77.6 Å². The molecule has 0 spiro atoms. The monoisotopic (exact) mass is 582 g/mol. The molecule has 0 unspecified atom stereocenters. The third-order valence-electron chi connectivity index (χ3n) is 8.48. The number of H-pyrrole nitrogens is 1. The van der Waals surface area contributed by atoms with Crippen molar-refractivity contribution in [2.24, 2.45) is 0 Å². The van der Waals surface area contributed by atoms with Gasteiger partial charge >= 0.3 is 0 Å². The number of aromatic nitrogens is 6. The molecule has 12 nitrogen and oxygen atoms in total. The Labute approximate surface area is 249 Å². The highest BCUT2D eigenvalue weighted by Crippen LogP contribution is 2.37. The number of nitrogens with one attached hydrogen (secondary N) is 2. The number of carboxylic acids is 1. The first-order valence-electron chi connectivity index (χ1n) is 14.8. The van der Waals surface area contributed by atoms with Crippen molar-refractivity contribution >= 4 is 45.2 Å². The minimum absolute atomic E-state index is 0.313. The molecule has 0 radical (unpaired) electrons. The van der Waals surface area contributed by atoms with Gasteiger partial charge in [-0.1, -0.05) is 24.3 Å². The van der Waals surface area contributed by atoms with Crippen LogP contribution in [0.1, 0.15) is 38.6 Å². The molecule has 1 saturated carbocycles. The number of likely N-dealkylation sites (N-methyl/N-ethyl adjacent to an activating group) is 1. The van der Waals surface area contributed by atoms with Gasteiger partial charge in [0.25, 0.3) is 5.97 Å². The van der Waals surface area contributed by atoms with Gasteiger partial charge in [0, 0.05) is 55.8 Å². The van der Waals surface area contributed by atoms with Crippen LogP contribution in [0, 0.1) is 0 Å². The Morgan fingerprint density at radius 1 is 0.977 bits per heavy atom. The number of carboxylic acid groups (broad SMARTS) is 1. The third kappa shape index (κ3) is 6.15. The fraction of sp³-hybridized carbons (Fsp3) is 0.387. The van der Waals surface area contributed by atoms with Gasteiger partial charge in [0.1, 0.15) is 17.8 Å². The van der Waals surface area contributed by atoms with Crippen LogP contribution in [-0.4, -0.2) is 90.1 Å². The van der Waals surface area contributed by atoms with Crippen LogP contribution in [0.15, 0.2) is 54.9 Å². The topological polar surface area (TPSA) is 154 Å². The summed E-state index contributed by atoms with van der Waals surface area (Å²) in [7, 11) is 2.22. The number of aromatic amines is 1. The van der Waals surface area contributed by atoms with Crippen molar-refractivity contribution in [3.05, 3.63) is 54.9 Å². The Hall–Kier alpha value is -4.55. The number of aliphatic carboxylic acids is 1. The van der Waals surface area contributed by atoms with E-state index in [9.17, 15) is 0 Å². The summed E-state index contributed by atoms with van der Waals surface area (Å²) in [5, 5.41) is 25.3. The zero-order valence-corrected chi connectivity index (χ0v) is 24.6. The molecular formula is C31H38N10O2. The second-order valence-electron chi connectivity index (χ2n) is 11.4. The van der Waals surface area contributed by atoms with Gasteiger partial charge in [-0.3, -0.25) is 14.8 Å². The molecule has 1 saturated heterocycles. The molecule has 2 aliphatic rings. The lowest BCUT2D eigenvalue weighted by Crippen LogP contribution is -2.49. The van der Waals surface area contributed by atoms with E-state index in [1.54, 1.807) is 6.33 Å². The van der Waals surface area contributed by atoms with Gasteiger partial charge in [0.2, 0.25) is 0 Å². The maximum atomic E-state index is 9.00. The Morgan fingerprint density at radius 2 is 1.65 bits per heavy atom. The summed E-state index contributed by atoms with van der Waals surface area (Å²) in [6.07, 6.45) is 6.12. The smallest absolute Gasteiger partial charge is 0.300 e. The largest absolute Gasteiger partial charge is 0.481 e. The predicted octanol–water partition coefficient (Wildman–Crippen LogP) is 4.52. The van der Waals surface area contributed by atoms with Crippen LogP contribution < -0.4 is 11.1 Å². The molecule has 0 bridgehead atoms. The highest BCUT2D eigenvalue weighted by Gasteiger charge is 2.30. The lowest BCUT2D eigenvalue weighted by molar-refractivity contribution is -0.134. The van der Waals surface area contributed by atoms with Crippen molar-refractivity contribution < 1.29 is 9.90 Å². The molecule has 1 aliphatic heterocycles. The number of nitrogen functional groups attached to an aromatic ring is 1. The molecule has 224 valence electrons. The van der Waals surface area contributed by atoms with Crippen molar-refractivity contribution in [3.63, 3.8) is 0 Å². The molecular weight excluding hydrogens is 544 g/mol. The van der Waals surface area contributed by atoms with E-state index in [1.165, 1.54) is 25.9 Å². The summed E-state index contributed by atoms with van der Waals surface area (Å²) in [5.74, 6) is 0.440. The normalized spacial score (nSPS) is 19.7. The van der Waals surface area contributed by atoms with Crippen LogP contribution in [0.3, 0.4) is 0 Å². The number of carbonyl (C=O) groups is 1. The van der Waals surface area contributed by atoms with Gasteiger partial charge in [0.05, 0.1) is 16.9 Å². The van der Waals surface area contributed by atoms with Crippen molar-refractivity contribution in [1.82, 2.24) is 39.7 Å². The summed E-state index contributed by atoms with van der Waals surface area (Å²) in [6.45, 7) is 5.75. The molecule has 2 aromatic carbocycles. The first kappa shape index (κ1) is 28.6. The number of piperazine rings is 1. The second-order valence-corrected chi connectivity index (χ2v) is 11.4. The second kappa shape index (κ2) is 12.4. The number of fused-ring (bicyclic) bond motifs is 2. The zero-order chi connectivity index (χ0) is 29.9. The predicted molar refractivity (Wildman–Crippen MR) is 168 cm³/mol. The summed E-state index contributed by atoms with van der Waals surface area (Å²) in [4.78, 5) is 23.1. The fourth-order valence-corrected chi connectivity index (χ4v) is 6.21. The van der Waals surface area contributed by atoms with Gasteiger partial charge in [-0.2, -0.15) is 10.2 Å². The Morgan fingerprint density at radius 3 is 2.37 bits per heavy atom. The SMILES string of the molecule is CC(=O)O.CN1CCN([C@H]2CC[C@H](n3nc(-c4ccc(Nc5n[nH]c6ccccc56)cc4)c4c(N)ncnc43)CC2)CC1. The highest BCUT2D eigenvalue weighted by atomic mass is 16.4.